The van der Waals surface area contributed by atoms with E-state index >= 15 is 0 Å². The smallest absolute Gasteiger partial charge is 0.189 e. The molecule has 0 fully saturated rings. The predicted molar refractivity (Wildman–Crippen MR) is 54.4 cm³/mol. The minimum absolute atomic E-state index is 0.291. The van der Waals surface area contributed by atoms with E-state index in [4.69, 9.17) is 4.74 Å². The molecule has 0 aliphatic rings. The van der Waals surface area contributed by atoms with Gasteiger partial charge >= 0.3 is 0 Å². The van der Waals surface area contributed by atoms with Gasteiger partial charge in [-0.15, -0.1) is 5.10 Å². The molecule has 1 aromatic carbocycles. The fraction of sp³-hybridized carbons (Fsp3) is 0.300. The van der Waals surface area contributed by atoms with Gasteiger partial charge < -0.3 is 4.74 Å². The molecule has 16 heavy (non-hydrogen) atoms. The van der Waals surface area contributed by atoms with Crippen molar-refractivity contribution in [2.45, 2.75) is 20.0 Å². The summed E-state index contributed by atoms with van der Waals surface area (Å²) in [6.45, 7) is 3.48. The third-order valence-electron chi connectivity index (χ3n) is 2.20. The van der Waals surface area contributed by atoms with Crippen LogP contribution in [0, 0.1) is 12.7 Å². The average Bonchev–Trinajstić information content (AvgIpc) is 2.77. The van der Waals surface area contributed by atoms with Gasteiger partial charge in [-0.3, -0.25) is 0 Å². The quantitative estimate of drug-likeness (QED) is 0.859. The number of halogens is 1. The molecule has 0 radical (unpaired) electrons. The predicted octanol–water partition coefficient (Wildman–Crippen LogP) is 1.79. The molecule has 0 amide bonds. The molecule has 0 saturated carbocycles. The van der Waals surface area contributed by atoms with Gasteiger partial charge in [0, 0.05) is 6.07 Å². The Labute approximate surface area is 91.6 Å². The third-order valence-corrected chi connectivity index (χ3v) is 2.20. The lowest BCUT2D eigenvalue weighted by atomic mass is 10.2. The Morgan fingerprint density at radius 1 is 1.44 bits per heavy atom. The van der Waals surface area contributed by atoms with Crippen molar-refractivity contribution in [1.82, 2.24) is 20.6 Å². The largest absolute Gasteiger partial charge is 0.483 e. The average molecular weight is 222 g/mol. The Morgan fingerprint density at radius 2 is 2.25 bits per heavy atom. The molecule has 1 atom stereocenters. The summed E-state index contributed by atoms with van der Waals surface area (Å²) in [5.74, 6) is 0.661. The number of rotatable bonds is 3. The van der Waals surface area contributed by atoms with Crippen molar-refractivity contribution in [3.05, 3.63) is 35.4 Å². The van der Waals surface area contributed by atoms with Crippen molar-refractivity contribution < 1.29 is 9.13 Å². The molecule has 1 heterocycles. The van der Waals surface area contributed by atoms with Crippen LogP contribution in [0.3, 0.4) is 0 Å². The highest BCUT2D eigenvalue weighted by atomic mass is 19.1. The Morgan fingerprint density at radius 3 is 2.88 bits per heavy atom. The number of aryl methyl sites for hydroxylation is 1. The third kappa shape index (κ3) is 2.16. The van der Waals surface area contributed by atoms with Crippen LogP contribution in [0.5, 0.6) is 5.75 Å². The van der Waals surface area contributed by atoms with Crippen molar-refractivity contribution in [1.29, 1.82) is 0 Å². The summed E-state index contributed by atoms with van der Waals surface area (Å²) in [7, 11) is 0. The van der Waals surface area contributed by atoms with Crippen molar-refractivity contribution in [2.24, 2.45) is 0 Å². The number of nitrogens with zero attached hydrogens (tertiary/aromatic N) is 3. The van der Waals surface area contributed by atoms with Gasteiger partial charge in [0.25, 0.3) is 0 Å². The maximum atomic E-state index is 13.2. The van der Waals surface area contributed by atoms with E-state index < -0.39 is 0 Å². The Bertz CT molecular complexity index is 472. The van der Waals surface area contributed by atoms with Gasteiger partial charge in [0.2, 0.25) is 0 Å². The summed E-state index contributed by atoms with van der Waals surface area (Å²) in [6.07, 6.45) is -0.350. The van der Waals surface area contributed by atoms with E-state index in [-0.39, 0.29) is 11.9 Å². The first kappa shape index (κ1) is 10.5. The minimum atomic E-state index is -0.350. The molecule has 1 aromatic heterocycles. The van der Waals surface area contributed by atoms with Gasteiger partial charge in [0.1, 0.15) is 11.6 Å². The molecule has 0 saturated heterocycles. The zero-order chi connectivity index (χ0) is 11.5. The van der Waals surface area contributed by atoms with Crippen LogP contribution in [0.25, 0.3) is 0 Å². The standard InChI is InChI=1S/C10H11FN4O/c1-6-3-4-8(5-9(6)11)16-7(2)10-12-14-15-13-10/h3-5,7H,1-2H3,(H,12,13,14,15)/t7-/m0/s1. The molecule has 1 N–H and O–H groups in total. The van der Waals surface area contributed by atoms with Gasteiger partial charge in [-0.1, -0.05) is 6.07 Å². The lowest BCUT2D eigenvalue weighted by molar-refractivity contribution is 0.215. The van der Waals surface area contributed by atoms with Gasteiger partial charge in [0.05, 0.1) is 0 Å². The second-order valence-corrected chi connectivity index (χ2v) is 3.46. The van der Waals surface area contributed by atoms with E-state index in [9.17, 15) is 4.39 Å². The number of nitrogens with one attached hydrogen (secondary N) is 1. The highest BCUT2D eigenvalue weighted by molar-refractivity contribution is 5.28. The van der Waals surface area contributed by atoms with Crippen LogP contribution in [0.4, 0.5) is 4.39 Å². The summed E-state index contributed by atoms with van der Waals surface area (Å²) in [6, 6.07) is 4.71. The van der Waals surface area contributed by atoms with Gasteiger partial charge in [-0.25, -0.2) is 9.49 Å². The van der Waals surface area contributed by atoms with Crippen LogP contribution in [0.15, 0.2) is 18.2 Å². The molecular weight excluding hydrogens is 211 g/mol. The highest BCUT2D eigenvalue weighted by Crippen LogP contribution is 2.21. The summed E-state index contributed by atoms with van der Waals surface area (Å²) >= 11 is 0. The van der Waals surface area contributed by atoms with Crippen LogP contribution in [0.2, 0.25) is 0 Å². The molecule has 0 aliphatic carbocycles. The molecule has 2 rings (SSSR count). The maximum Gasteiger partial charge on any atom is 0.189 e. The van der Waals surface area contributed by atoms with Crippen molar-refractivity contribution in [3.63, 3.8) is 0 Å². The summed E-state index contributed by atoms with van der Waals surface area (Å²) in [5, 5.41) is 13.2. The molecule has 0 unspecified atom stereocenters. The number of aromatic nitrogens is 4. The van der Waals surface area contributed by atoms with Gasteiger partial charge in [-0.2, -0.15) is 0 Å². The number of ether oxygens (including phenoxy) is 1. The van der Waals surface area contributed by atoms with Crippen molar-refractivity contribution in [3.8, 4) is 5.75 Å². The highest BCUT2D eigenvalue weighted by Gasteiger charge is 2.11. The Balaban J connectivity index is 2.12. The lowest BCUT2D eigenvalue weighted by Crippen LogP contribution is -2.05. The van der Waals surface area contributed by atoms with E-state index in [2.05, 4.69) is 20.6 Å². The SMILES string of the molecule is Cc1ccc(O[C@@H](C)c2nnn[nH]2)cc1F. The first-order chi connectivity index (χ1) is 7.66. The molecule has 2 aromatic rings. The lowest BCUT2D eigenvalue weighted by Gasteiger charge is -2.11. The van der Waals surface area contributed by atoms with Crippen molar-refractivity contribution in [2.75, 3.05) is 0 Å². The number of tetrazole rings is 1. The number of benzene rings is 1. The molecule has 84 valence electrons. The summed E-state index contributed by atoms with van der Waals surface area (Å²) in [5.41, 5.74) is 0.585. The number of aromatic amines is 1. The second kappa shape index (κ2) is 4.26. The summed E-state index contributed by atoms with van der Waals surface area (Å²) in [4.78, 5) is 0. The fourth-order valence-electron chi connectivity index (χ4n) is 1.25. The van der Waals surface area contributed by atoms with Crippen LogP contribution in [-0.2, 0) is 0 Å². The molecule has 5 nitrogen and oxygen atoms in total. The monoisotopic (exact) mass is 222 g/mol. The first-order valence-corrected chi connectivity index (χ1v) is 4.83. The van der Waals surface area contributed by atoms with Crippen LogP contribution >= 0.6 is 0 Å². The van der Waals surface area contributed by atoms with E-state index in [0.29, 0.717) is 17.1 Å². The first-order valence-electron chi connectivity index (χ1n) is 4.83. The normalized spacial score (nSPS) is 12.4. The number of hydrogen-bond donors (Lipinski definition) is 1. The zero-order valence-corrected chi connectivity index (χ0v) is 8.94. The van der Waals surface area contributed by atoms with Crippen LogP contribution in [-0.4, -0.2) is 20.6 Å². The van der Waals surface area contributed by atoms with E-state index in [1.807, 2.05) is 0 Å². The van der Waals surface area contributed by atoms with E-state index in [1.54, 1.807) is 26.0 Å². The molecule has 0 bridgehead atoms. The zero-order valence-electron chi connectivity index (χ0n) is 8.94. The van der Waals surface area contributed by atoms with E-state index in [1.165, 1.54) is 6.07 Å². The van der Waals surface area contributed by atoms with Crippen LogP contribution < -0.4 is 4.74 Å². The molecule has 0 spiro atoms. The second-order valence-electron chi connectivity index (χ2n) is 3.46. The van der Waals surface area contributed by atoms with E-state index in [0.717, 1.165) is 0 Å². The molecule has 0 aliphatic heterocycles. The molecule has 6 heteroatoms. The minimum Gasteiger partial charge on any atom is -0.483 e. The fourth-order valence-corrected chi connectivity index (χ4v) is 1.25. The maximum absolute atomic E-state index is 13.2. The van der Waals surface area contributed by atoms with Crippen LogP contribution in [0.1, 0.15) is 24.4 Å². The molecular formula is C10H11FN4O. The number of hydrogen-bond acceptors (Lipinski definition) is 4. The number of H-pyrrole nitrogens is 1. The Hall–Kier alpha value is -1.98. The Kier molecular flexibility index (Phi) is 2.80. The topological polar surface area (TPSA) is 63.7 Å². The summed E-state index contributed by atoms with van der Waals surface area (Å²) < 4.78 is 18.7. The van der Waals surface area contributed by atoms with Gasteiger partial charge in [0.15, 0.2) is 11.9 Å². The van der Waals surface area contributed by atoms with Crippen molar-refractivity contribution >= 4 is 0 Å². The van der Waals surface area contributed by atoms with Gasteiger partial charge in [-0.05, 0) is 35.9 Å².